The minimum absolute atomic E-state index is 0.0820. The monoisotopic (exact) mass is 348 g/mol. The molecule has 0 aliphatic carbocycles. The van der Waals surface area contributed by atoms with Crippen molar-refractivity contribution in [3.63, 3.8) is 0 Å². The van der Waals surface area contributed by atoms with Crippen LogP contribution < -0.4 is 4.74 Å². The van der Waals surface area contributed by atoms with Crippen molar-refractivity contribution >= 4 is 32.9 Å². The summed E-state index contributed by atoms with van der Waals surface area (Å²) in [6.07, 6.45) is 0. The maximum Gasteiger partial charge on any atom is 0.379 e. The molecule has 0 bridgehead atoms. The van der Waals surface area contributed by atoms with Gasteiger partial charge in [-0.15, -0.1) is 0 Å². The zero-order valence-corrected chi connectivity index (χ0v) is 12.6. The number of fused-ring (bicyclic) bond motifs is 1. The summed E-state index contributed by atoms with van der Waals surface area (Å²) < 4.78 is 24.8. The van der Waals surface area contributed by atoms with Crippen molar-refractivity contribution in [1.82, 2.24) is 0 Å². The van der Waals surface area contributed by atoms with Crippen LogP contribution in [0.4, 0.5) is 4.39 Å². The number of halogens is 2. The highest BCUT2D eigenvalue weighted by Gasteiger charge is 2.20. The summed E-state index contributed by atoms with van der Waals surface area (Å²) in [4.78, 5) is 12.2. The van der Waals surface area contributed by atoms with E-state index in [0.717, 1.165) is 4.47 Å². The first-order valence-corrected chi connectivity index (χ1v) is 7.00. The Bertz CT molecular complexity index is 821. The molecule has 0 aliphatic heterocycles. The maximum atomic E-state index is 13.2. The van der Waals surface area contributed by atoms with Crippen LogP contribution in [0, 0.1) is 12.7 Å². The third-order valence-corrected chi connectivity index (χ3v) is 3.64. The van der Waals surface area contributed by atoms with Gasteiger partial charge in [0, 0.05) is 15.4 Å². The number of rotatable bonds is 2. The lowest BCUT2D eigenvalue weighted by molar-refractivity contribution is 0.0703. The van der Waals surface area contributed by atoms with E-state index in [9.17, 15) is 9.18 Å². The second-order valence-electron chi connectivity index (χ2n) is 4.54. The zero-order valence-electron chi connectivity index (χ0n) is 11.0. The van der Waals surface area contributed by atoms with E-state index >= 15 is 0 Å². The van der Waals surface area contributed by atoms with Crippen LogP contribution in [0.2, 0.25) is 0 Å². The first-order valence-electron chi connectivity index (χ1n) is 6.21. The van der Waals surface area contributed by atoms with E-state index in [1.165, 1.54) is 18.2 Å². The van der Waals surface area contributed by atoms with Gasteiger partial charge in [0.1, 0.15) is 17.1 Å². The van der Waals surface area contributed by atoms with Gasteiger partial charge in [-0.1, -0.05) is 15.9 Å². The molecule has 3 nitrogen and oxygen atoms in total. The third-order valence-electron chi connectivity index (χ3n) is 3.11. The Labute approximate surface area is 128 Å². The minimum Gasteiger partial charge on any atom is -0.449 e. The number of ether oxygens (including phenoxy) is 1. The topological polar surface area (TPSA) is 39.4 Å². The van der Waals surface area contributed by atoms with Gasteiger partial charge in [0.15, 0.2) is 0 Å². The molecule has 3 rings (SSSR count). The van der Waals surface area contributed by atoms with Gasteiger partial charge in [-0.3, -0.25) is 0 Å². The summed E-state index contributed by atoms with van der Waals surface area (Å²) in [5.74, 6) is -0.488. The van der Waals surface area contributed by atoms with Crippen molar-refractivity contribution < 1.29 is 18.3 Å². The highest BCUT2D eigenvalue weighted by atomic mass is 79.9. The maximum absolute atomic E-state index is 13.2. The molecule has 0 amide bonds. The molecule has 0 atom stereocenters. The summed E-state index contributed by atoms with van der Waals surface area (Å²) in [6.45, 7) is 1.70. The quantitative estimate of drug-likeness (QED) is 0.490. The fourth-order valence-electron chi connectivity index (χ4n) is 2.04. The summed E-state index contributed by atoms with van der Waals surface area (Å²) in [5.41, 5.74) is 1.02. The smallest absolute Gasteiger partial charge is 0.379 e. The van der Waals surface area contributed by atoms with Gasteiger partial charge in [0.25, 0.3) is 0 Å². The standard InChI is InChI=1S/C16H10BrFO3/c1-9-13-8-11(18)4-7-14(13)21-15(9)16(19)20-12-5-2-10(17)3-6-12/h2-8H,1H3. The molecule has 3 aromatic rings. The van der Waals surface area contributed by atoms with E-state index in [2.05, 4.69) is 15.9 Å². The van der Waals surface area contributed by atoms with Crippen molar-refractivity contribution in [2.24, 2.45) is 0 Å². The normalized spacial score (nSPS) is 10.8. The number of furan rings is 1. The van der Waals surface area contributed by atoms with Crippen molar-refractivity contribution in [3.05, 3.63) is 64.1 Å². The van der Waals surface area contributed by atoms with Crippen LogP contribution >= 0.6 is 15.9 Å². The second-order valence-corrected chi connectivity index (χ2v) is 5.46. The van der Waals surface area contributed by atoms with E-state index in [4.69, 9.17) is 9.15 Å². The van der Waals surface area contributed by atoms with Gasteiger partial charge in [0.2, 0.25) is 5.76 Å². The van der Waals surface area contributed by atoms with Gasteiger partial charge in [-0.05, 0) is 49.4 Å². The molecule has 0 aliphatic rings. The number of benzene rings is 2. The van der Waals surface area contributed by atoms with Crippen molar-refractivity contribution in [2.75, 3.05) is 0 Å². The Morgan fingerprint density at radius 1 is 1.19 bits per heavy atom. The van der Waals surface area contributed by atoms with Gasteiger partial charge >= 0.3 is 5.97 Å². The lowest BCUT2D eigenvalue weighted by Gasteiger charge is -2.02. The van der Waals surface area contributed by atoms with Crippen LogP contribution in [0.25, 0.3) is 11.0 Å². The molecule has 0 saturated carbocycles. The molecule has 1 heterocycles. The van der Waals surface area contributed by atoms with Gasteiger partial charge in [0.05, 0.1) is 0 Å². The number of esters is 1. The summed E-state index contributed by atoms with van der Waals surface area (Å²) in [6, 6.07) is 11.0. The van der Waals surface area contributed by atoms with Gasteiger partial charge < -0.3 is 9.15 Å². The fraction of sp³-hybridized carbons (Fsp3) is 0.0625. The molecule has 0 fully saturated rings. The van der Waals surface area contributed by atoms with Crippen LogP contribution in [0.3, 0.4) is 0 Å². The van der Waals surface area contributed by atoms with Crippen molar-refractivity contribution in [1.29, 1.82) is 0 Å². The molecule has 21 heavy (non-hydrogen) atoms. The van der Waals surface area contributed by atoms with Crippen LogP contribution in [0.5, 0.6) is 5.75 Å². The van der Waals surface area contributed by atoms with Crippen molar-refractivity contribution in [2.45, 2.75) is 6.92 Å². The average Bonchev–Trinajstić information content (AvgIpc) is 2.79. The highest BCUT2D eigenvalue weighted by molar-refractivity contribution is 9.10. The SMILES string of the molecule is Cc1c(C(=O)Oc2ccc(Br)cc2)oc2ccc(F)cc12. The fourth-order valence-corrected chi connectivity index (χ4v) is 2.31. The average molecular weight is 349 g/mol. The highest BCUT2D eigenvalue weighted by Crippen LogP contribution is 2.27. The number of hydrogen-bond acceptors (Lipinski definition) is 3. The van der Waals surface area contributed by atoms with Crippen molar-refractivity contribution in [3.8, 4) is 5.75 Å². The lowest BCUT2D eigenvalue weighted by atomic mass is 10.1. The van der Waals surface area contributed by atoms with Crippen LogP contribution in [-0.4, -0.2) is 5.97 Å². The number of hydrogen-bond donors (Lipinski definition) is 0. The van der Waals surface area contributed by atoms with E-state index in [0.29, 0.717) is 22.3 Å². The molecule has 0 spiro atoms. The van der Waals surface area contributed by atoms with E-state index in [1.807, 2.05) is 0 Å². The number of carbonyl (C=O) groups excluding carboxylic acids is 1. The number of aryl methyl sites for hydroxylation is 1. The molecule has 0 N–H and O–H groups in total. The number of carbonyl (C=O) groups is 1. The van der Waals surface area contributed by atoms with E-state index in [-0.39, 0.29) is 11.6 Å². The Balaban J connectivity index is 1.94. The van der Waals surface area contributed by atoms with Crippen LogP contribution in [0.15, 0.2) is 51.4 Å². The Hall–Kier alpha value is -2.14. The minimum atomic E-state index is -0.605. The van der Waals surface area contributed by atoms with E-state index in [1.54, 1.807) is 31.2 Å². The van der Waals surface area contributed by atoms with Crippen LogP contribution in [0.1, 0.15) is 16.1 Å². The summed E-state index contributed by atoms with van der Waals surface area (Å²) in [7, 11) is 0. The zero-order chi connectivity index (χ0) is 15.0. The molecular formula is C16H10BrFO3. The molecule has 1 aromatic heterocycles. The van der Waals surface area contributed by atoms with Gasteiger partial charge in [-0.25, -0.2) is 9.18 Å². The second kappa shape index (κ2) is 5.33. The Kier molecular flexibility index (Phi) is 3.51. The summed E-state index contributed by atoms with van der Waals surface area (Å²) >= 11 is 3.30. The molecule has 0 radical (unpaired) electrons. The molecule has 2 aromatic carbocycles. The molecule has 0 saturated heterocycles. The predicted octanol–water partition coefficient (Wildman–Crippen LogP) is 4.86. The molecule has 0 unspecified atom stereocenters. The molecule has 106 valence electrons. The van der Waals surface area contributed by atoms with Gasteiger partial charge in [-0.2, -0.15) is 0 Å². The predicted molar refractivity (Wildman–Crippen MR) is 80.0 cm³/mol. The van der Waals surface area contributed by atoms with E-state index < -0.39 is 5.97 Å². The lowest BCUT2D eigenvalue weighted by Crippen LogP contribution is -2.08. The molecule has 5 heteroatoms. The first kappa shape index (κ1) is 13.8. The third kappa shape index (κ3) is 2.69. The first-order chi connectivity index (χ1) is 10.0. The Morgan fingerprint density at radius 2 is 1.90 bits per heavy atom. The Morgan fingerprint density at radius 3 is 2.62 bits per heavy atom. The molecular weight excluding hydrogens is 339 g/mol. The summed E-state index contributed by atoms with van der Waals surface area (Å²) in [5, 5.41) is 0.567. The van der Waals surface area contributed by atoms with Crippen LogP contribution in [-0.2, 0) is 0 Å². The largest absolute Gasteiger partial charge is 0.449 e.